The van der Waals surface area contributed by atoms with Crippen LogP contribution in [-0.2, 0) is 12.0 Å². The van der Waals surface area contributed by atoms with Crippen LogP contribution >= 0.6 is 0 Å². The van der Waals surface area contributed by atoms with Crippen molar-refractivity contribution < 1.29 is 4.74 Å². The van der Waals surface area contributed by atoms with Crippen LogP contribution < -0.4 is 10.5 Å². The minimum absolute atomic E-state index is 0.123. The maximum atomic E-state index is 6.00. The lowest BCUT2D eigenvalue weighted by molar-refractivity contribution is 0.475. The average molecular weight is 269 g/mol. The van der Waals surface area contributed by atoms with Gasteiger partial charge >= 0.3 is 0 Å². The third-order valence-electron chi connectivity index (χ3n) is 3.40. The quantitative estimate of drug-likeness (QED) is 0.887. The summed E-state index contributed by atoms with van der Waals surface area (Å²) in [6.45, 7) is 9.21. The summed E-state index contributed by atoms with van der Waals surface area (Å²) in [6.07, 6.45) is 0. The average Bonchev–Trinajstić information content (AvgIpc) is 2.40. The van der Waals surface area contributed by atoms with E-state index >= 15 is 0 Å². The van der Waals surface area contributed by atoms with Crippen molar-refractivity contribution in [2.24, 2.45) is 5.73 Å². The van der Waals surface area contributed by atoms with Crippen LogP contribution in [0.4, 0.5) is 0 Å². The van der Waals surface area contributed by atoms with E-state index in [4.69, 9.17) is 10.5 Å². The third kappa shape index (κ3) is 3.40. The van der Waals surface area contributed by atoms with Crippen LogP contribution in [-0.4, -0.2) is 0 Å². The normalized spacial score (nSPS) is 11.4. The first-order valence-electron chi connectivity index (χ1n) is 6.98. The molecule has 2 N–H and O–H groups in total. The summed E-state index contributed by atoms with van der Waals surface area (Å²) in [5, 5.41) is 0. The fourth-order valence-electron chi connectivity index (χ4n) is 2.11. The number of benzene rings is 2. The number of rotatable bonds is 3. The van der Waals surface area contributed by atoms with Crippen LogP contribution in [0.5, 0.6) is 11.5 Å². The van der Waals surface area contributed by atoms with E-state index < -0.39 is 0 Å². The monoisotopic (exact) mass is 269 g/mol. The molecule has 0 radical (unpaired) electrons. The highest BCUT2D eigenvalue weighted by atomic mass is 16.5. The number of aryl methyl sites for hydroxylation is 1. The van der Waals surface area contributed by atoms with Crippen molar-refractivity contribution in [2.75, 3.05) is 0 Å². The first-order chi connectivity index (χ1) is 9.40. The summed E-state index contributed by atoms with van der Waals surface area (Å²) in [4.78, 5) is 0. The maximum Gasteiger partial charge on any atom is 0.130 e. The van der Waals surface area contributed by atoms with E-state index in [0.717, 1.165) is 22.6 Å². The summed E-state index contributed by atoms with van der Waals surface area (Å²) in [5.74, 6) is 1.76. The molecule has 0 atom stereocenters. The van der Waals surface area contributed by atoms with Gasteiger partial charge in [0.25, 0.3) is 0 Å². The van der Waals surface area contributed by atoms with E-state index in [0.29, 0.717) is 6.54 Å². The van der Waals surface area contributed by atoms with Crippen LogP contribution in [0, 0.1) is 6.92 Å². The highest BCUT2D eigenvalue weighted by Crippen LogP contribution is 2.30. The molecular formula is C18H23NO. The van der Waals surface area contributed by atoms with Crippen LogP contribution in [0.3, 0.4) is 0 Å². The van der Waals surface area contributed by atoms with E-state index in [1.165, 1.54) is 5.56 Å². The fraction of sp³-hybridized carbons (Fsp3) is 0.333. The molecule has 0 aliphatic heterocycles. The number of nitrogens with two attached hydrogens (primary N) is 1. The molecule has 0 spiro atoms. The van der Waals surface area contributed by atoms with Crippen LogP contribution in [0.15, 0.2) is 42.5 Å². The SMILES string of the molecule is Cc1cc(CN)ccc1Oc1cccc(C(C)(C)C)c1. The largest absolute Gasteiger partial charge is 0.457 e. The van der Waals surface area contributed by atoms with Crippen molar-refractivity contribution in [3.05, 3.63) is 59.2 Å². The highest BCUT2D eigenvalue weighted by molar-refractivity contribution is 5.41. The van der Waals surface area contributed by atoms with Crippen LogP contribution in [0.2, 0.25) is 0 Å². The van der Waals surface area contributed by atoms with Crippen molar-refractivity contribution in [1.29, 1.82) is 0 Å². The Kier molecular flexibility index (Phi) is 4.15. The molecule has 0 fully saturated rings. The molecule has 0 unspecified atom stereocenters. The summed E-state index contributed by atoms with van der Waals surface area (Å²) in [5.41, 5.74) is 9.27. The second kappa shape index (κ2) is 5.68. The molecule has 0 aliphatic rings. The predicted molar refractivity (Wildman–Crippen MR) is 84.3 cm³/mol. The van der Waals surface area contributed by atoms with Gasteiger partial charge in [0, 0.05) is 6.54 Å². The topological polar surface area (TPSA) is 35.2 Å². The minimum atomic E-state index is 0.123. The molecule has 0 aromatic heterocycles. The van der Waals surface area contributed by atoms with Crippen molar-refractivity contribution in [3.63, 3.8) is 0 Å². The molecule has 20 heavy (non-hydrogen) atoms. The molecule has 106 valence electrons. The number of hydrogen-bond acceptors (Lipinski definition) is 2. The van der Waals surface area contributed by atoms with Crippen molar-refractivity contribution in [2.45, 2.75) is 39.7 Å². The van der Waals surface area contributed by atoms with Crippen LogP contribution in [0.25, 0.3) is 0 Å². The summed E-state index contributed by atoms with van der Waals surface area (Å²) in [6, 6.07) is 14.3. The Morgan fingerprint density at radius 2 is 1.80 bits per heavy atom. The fourth-order valence-corrected chi connectivity index (χ4v) is 2.11. The number of ether oxygens (including phenoxy) is 1. The first-order valence-corrected chi connectivity index (χ1v) is 6.98. The van der Waals surface area contributed by atoms with Gasteiger partial charge in [-0.05, 0) is 47.2 Å². The van der Waals surface area contributed by atoms with Gasteiger partial charge in [0.2, 0.25) is 0 Å². The Morgan fingerprint density at radius 3 is 2.40 bits per heavy atom. The Hall–Kier alpha value is -1.80. The zero-order valence-corrected chi connectivity index (χ0v) is 12.7. The molecule has 0 saturated heterocycles. The van der Waals surface area contributed by atoms with Gasteiger partial charge in [-0.2, -0.15) is 0 Å². The predicted octanol–water partition coefficient (Wildman–Crippen LogP) is 4.54. The first kappa shape index (κ1) is 14.6. The van der Waals surface area contributed by atoms with E-state index in [9.17, 15) is 0 Å². The maximum absolute atomic E-state index is 6.00. The van der Waals surface area contributed by atoms with Gasteiger partial charge in [0.15, 0.2) is 0 Å². The van der Waals surface area contributed by atoms with E-state index in [1.54, 1.807) is 0 Å². The number of hydrogen-bond donors (Lipinski definition) is 1. The Labute approximate surface area is 121 Å². The standard InChI is InChI=1S/C18H23NO/c1-13-10-14(12-19)8-9-17(13)20-16-7-5-6-15(11-16)18(2,3)4/h5-11H,12,19H2,1-4H3. The van der Waals surface area contributed by atoms with E-state index in [2.05, 4.69) is 39.0 Å². The Bertz CT molecular complexity index is 597. The zero-order chi connectivity index (χ0) is 14.8. The molecule has 2 aromatic carbocycles. The summed E-state index contributed by atoms with van der Waals surface area (Å²) >= 11 is 0. The smallest absolute Gasteiger partial charge is 0.130 e. The molecule has 2 heteroatoms. The Balaban J connectivity index is 2.26. The highest BCUT2D eigenvalue weighted by Gasteiger charge is 2.14. The molecule has 2 rings (SSSR count). The van der Waals surface area contributed by atoms with Crippen molar-refractivity contribution >= 4 is 0 Å². The van der Waals surface area contributed by atoms with Crippen molar-refractivity contribution in [3.8, 4) is 11.5 Å². The van der Waals surface area contributed by atoms with Gasteiger partial charge in [0.1, 0.15) is 11.5 Å². The minimum Gasteiger partial charge on any atom is -0.457 e. The van der Waals surface area contributed by atoms with Gasteiger partial charge in [-0.25, -0.2) is 0 Å². The van der Waals surface area contributed by atoms with E-state index in [1.807, 2.05) is 31.2 Å². The molecule has 0 aliphatic carbocycles. The third-order valence-corrected chi connectivity index (χ3v) is 3.40. The molecule has 0 amide bonds. The lowest BCUT2D eigenvalue weighted by Crippen LogP contribution is -2.10. The zero-order valence-electron chi connectivity index (χ0n) is 12.7. The van der Waals surface area contributed by atoms with Gasteiger partial charge in [0.05, 0.1) is 0 Å². The molecule has 0 heterocycles. The summed E-state index contributed by atoms with van der Waals surface area (Å²) < 4.78 is 6.00. The molecule has 2 nitrogen and oxygen atoms in total. The second-order valence-corrected chi connectivity index (χ2v) is 6.18. The molecule has 0 saturated carbocycles. The van der Waals surface area contributed by atoms with Crippen molar-refractivity contribution in [1.82, 2.24) is 0 Å². The molecule has 0 bridgehead atoms. The molecular weight excluding hydrogens is 246 g/mol. The van der Waals surface area contributed by atoms with E-state index in [-0.39, 0.29) is 5.41 Å². The lowest BCUT2D eigenvalue weighted by atomic mass is 9.87. The van der Waals surface area contributed by atoms with Gasteiger partial charge in [-0.15, -0.1) is 0 Å². The lowest BCUT2D eigenvalue weighted by Gasteiger charge is -2.20. The van der Waals surface area contributed by atoms with Gasteiger partial charge in [-0.1, -0.05) is 45.0 Å². The van der Waals surface area contributed by atoms with Gasteiger partial charge < -0.3 is 10.5 Å². The summed E-state index contributed by atoms with van der Waals surface area (Å²) in [7, 11) is 0. The van der Waals surface area contributed by atoms with Crippen LogP contribution in [0.1, 0.15) is 37.5 Å². The Morgan fingerprint density at radius 1 is 1.05 bits per heavy atom. The van der Waals surface area contributed by atoms with Gasteiger partial charge in [-0.3, -0.25) is 0 Å². The second-order valence-electron chi connectivity index (χ2n) is 6.18. The molecule has 2 aromatic rings.